The summed E-state index contributed by atoms with van der Waals surface area (Å²) in [4.78, 5) is 12.7. The average molecular weight is 667 g/mol. The van der Waals surface area contributed by atoms with Crippen LogP contribution in [0.4, 0.5) is 0 Å². The Morgan fingerprint density at radius 3 is 2.28 bits per heavy atom. The molecule has 0 bridgehead atoms. The summed E-state index contributed by atoms with van der Waals surface area (Å²) in [7, 11) is -4.08. The van der Waals surface area contributed by atoms with Gasteiger partial charge in [0.1, 0.15) is 4.90 Å². The van der Waals surface area contributed by atoms with Gasteiger partial charge in [-0.2, -0.15) is 13.5 Å². The highest BCUT2D eigenvalue weighted by molar-refractivity contribution is 14.1. The van der Waals surface area contributed by atoms with E-state index in [1.165, 1.54) is 18.3 Å². The fourth-order valence-electron chi connectivity index (χ4n) is 3.35. The molecule has 0 radical (unpaired) electrons. The quantitative estimate of drug-likeness (QED) is 0.108. The van der Waals surface area contributed by atoms with Crippen molar-refractivity contribution in [2.45, 2.75) is 39.0 Å². The van der Waals surface area contributed by atoms with Gasteiger partial charge >= 0.3 is 10.1 Å². The number of nitrogens with zero attached hydrogens (tertiary/aromatic N) is 1. The fraction of sp³-hybridized carbons (Fsp3) is 0.286. The SMILES string of the molecule is CCCOc1ccc(C(=O)N/N=C/c2cc(I)c(OS(=O)(=O)c3ccc(C)cc3)c(OCC)c2)cc1OCC. The fourth-order valence-corrected chi connectivity index (χ4v) is 5.19. The molecular weight excluding hydrogens is 635 g/mol. The second-order valence-electron chi connectivity index (χ2n) is 8.26. The maximum Gasteiger partial charge on any atom is 0.339 e. The number of amides is 1. The highest BCUT2D eigenvalue weighted by Gasteiger charge is 2.22. The standard InChI is InChI=1S/C28H31IN2O7S/c1-5-14-37-24-13-10-21(17-25(24)35-6-2)28(32)31-30-18-20-15-23(29)27(26(16-20)36-7-3)38-39(33,34)22-11-8-19(4)9-12-22/h8-13,15-18H,5-7,14H2,1-4H3,(H,31,32)/b30-18+. The van der Waals surface area contributed by atoms with Crippen molar-refractivity contribution in [1.82, 2.24) is 5.43 Å². The molecule has 0 aliphatic carbocycles. The maximum absolute atomic E-state index is 12.9. The smallest absolute Gasteiger partial charge is 0.339 e. The third-order valence-corrected chi connectivity index (χ3v) is 7.22. The number of hydrogen-bond donors (Lipinski definition) is 1. The molecule has 11 heteroatoms. The van der Waals surface area contributed by atoms with E-state index in [1.807, 2.05) is 43.4 Å². The molecule has 3 aromatic carbocycles. The van der Waals surface area contributed by atoms with Crippen molar-refractivity contribution in [2.24, 2.45) is 5.10 Å². The summed E-state index contributed by atoms with van der Waals surface area (Å²) in [6.45, 7) is 8.76. The average Bonchev–Trinajstić information content (AvgIpc) is 2.90. The summed E-state index contributed by atoms with van der Waals surface area (Å²) in [6.07, 6.45) is 2.28. The van der Waals surface area contributed by atoms with E-state index in [0.717, 1.165) is 12.0 Å². The molecular formula is C28H31IN2O7S. The third kappa shape index (κ3) is 8.33. The molecule has 0 aliphatic heterocycles. The predicted molar refractivity (Wildman–Crippen MR) is 158 cm³/mol. The molecule has 208 valence electrons. The molecule has 0 aromatic heterocycles. The zero-order chi connectivity index (χ0) is 28.4. The first kappa shape index (κ1) is 30.2. The van der Waals surface area contributed by atoms with Crippen LogP contribution < -0.4 is 23.8 Å². The van der Waals surface area contributed by atoms with Crippen molar-refractivity contribution in [3.05, 3.63) is 74.9 Å². The Hall–Kier alpha value is -3.32. The number of carbonyl (C=O) groups is 1. The minimum absolute atomic E-state index is 0.0390. The Bertz CT molecular complexity index is 1420. The lowest BCUT2D eigenvalue weighted by molar-refractivity contribution is 0.0954. The van der Waals surface area contributed by atoms with E-state index < -0.39 is 16.0 Å². The molecule has 0 saturated carbocycles. The number of halogens is 1. The van der Waals surface area contributed by atoms with Crippen molar-refractivity contribution in [3.63, 3.8) is 0 Å². The van der Waals surface area contributed by atoms with Crippen LogP contribution in [-0.2, 0) is 10.1 Å². The Kier molecular flexibility index (Phi) is 11.0. The Balaban J connectivity index is 1.78. The van der Waals surface area contributed by atoms with Gasteiger partial charge in [0.05, 0.1) is 29.6 Å². The van der Waals surface area contributed by atoms with E-state index >= 15 is 0 Å². The van der Waals surface area contributed by atoms with Crippen LogP contribution in [0, 0.1) is 10.5 Å². The van der Waals surface area contributed by atoms with Gasteiger partial charge in [0, 0.05) is 5.56 Å². The van der Waals surface area contributed by atoms with Crippen LogP contribution in [0.2, 0.25) is 0 Å². The monoisotopic (exact) mass is 666 g/mol. The number of carbonyl (C=O) groups excluding carboxylic acids is 1. The number of rotatable bonds is 13. The summed E-state index contributed by atoms with van der Waals surface area (Å²) < 4.78 is 48.6. The van der Waals surface area contributed by atoms with Crippen molar-refractivity contribution in [1.29, 1.82) is 0 Å². The lowest BCUT2D eigenvalue weighted by atomic mass is 10.2. The van der Waals surface area contributed by atoms with Crippen molar-refractivity contribution in [3.8, 4) is 23.0 Å². The van der Waals surface area contributed by atoms with Gasteiger partial charge in [0.2, 0.25) is 0 Å². The second kappa shape index (κ2) is 14.2. The zero-order valence-corrected chi connectivity index (χ0v) is 25.2. The largest absolute Gasteiger partial charge is 0.490 e. The van der Waals surface area contributed by atoms with E-state index in [4.69, 9.17) is 18.4 Å². The summed E-state index contributed by atoms with van der Waals surface area (Å²) in [5, 5.41) is 4.05. The maximum atomic E-state index is 12.9. The van der Waals surface area contributed by atoms with Crippen molar-refractivity contribution < 1.29 is 31.6 Å². The molecule has 39 heavy (non-hydrogen) atoms. The van der Waals surface area contributed by atoms with Crippen LogP contribution in [0.15, 0.2) is 64.6 Å². The molecule has 3 aromatic rings. The molecule has 0 atom stereocenters. The first-order chi connectivity index (χ1) is 18.7. The Morgan fingerprint density at radius 1 is 0.923 bits per heavy atom. The third-order valence-electron chi connectivity index (χ3n) is 5.18. The van der Waals surface area contributed by atoms with E-state index in [2.05, 4.69) is 10.5 Å². The van der Waals surface area contributed by atoms with Crippen LogP contribution in [0.3, 0.4) is 0 Å². The van der Waals surface area contributed by atoms with Crippen LogP contribution in [-0.4, -0.2) is 40.4 Å². The molecule has 3 rings (SSSR count). The number of nitrogens with one attached hydrogen (secondary N) is 1. The molecule has 1 N–H and O–H groups in total. The molecule has 0 fully saturated rings. The molecule has 0 spiro atoms. The van der Waals surface area contributed by atoms with E-state index in [9.17, 15) is 13.2 Å². The molecule has 1 amide bonds. The second-order valence-corrected chi connectivity index (χ2v) is 11.0. The predicted octanol–water partition coefficient (Wildman–Crippen LogP) is 5.72. The van der Waals surface area contributed by atoms with Crippen molar-refractivity contribution >= 4 is 44.8 Å². The van der Waals surface area contributed by atoms with E-state index in [-0.39, 0.29) is 23.0 Å². The number of ether oxygens (including phenoxy) is 3. The normalized spacial score (nSPS) is 11.3. The van der Waals surface area contributed by atoms with Gasteiger partial charge in [0.15, 0.2) is 23.0 Å². The van der Waals surface area contributed by atoms with Gasteiger partial charge in [-0.15, -0.1) is 0 Å². The topological polar surface area (TPSA) is 113 Å². The van der Waals surface area contributed by atoms with Gasteiger partial charge in [-0.05, 0) is 97.8 Å². The van der Waals surface area contributed by atoms with Gasteiger partial charge in [-0.25, -0.2) is 5.43 Å². The van der Waals surface area contributed by atoms with Crippen LogP contribution >= 0.6 is 22.6 Å². The summed E-state index contributed by atoms with van der Waals surface area (Å²) in [5.74, 6) is 0.932. The lowest BCUT2D eigenvalue weighted by Crippen LogP contribution is -2.18. The van der Waals surface area contributed by atoms with Gasteiger partial charge in [-0.1, -0.05) is 24.6 Å². The molecule has 0 unspecified atom stereocenters. The molecule has 0 heterocycles. The molecule has 0 saturated heterocycles. The van der Waals surface area contributed by atoms with Gasteiger partial charge in [-0.3, -0.25) is 4.79 Å². The van der Waals surface area contributed by atoms with E-state index in [0.29, 0.717) is 39.4 Å². The first-order valence-corrected chi connectivity index (χ1v) is 14.9. The first-order valence-electron chi connectivity index (χ1n) is 12.4. The highest BCUT2D eigenvalue weighted by atomic mass is 127. The Morgan fingerprint density at radius 2 is 1.62 bits per heavy atom. The van der Waals surface area contributed by atoms with Crippen LogP contribution in [0.25, 0.3) is 0 Å². The Labute approximate surface area is 242 Å². The summed E-state index contributed by atoms with van der Waals surface area (Å²) >= 11 is 1.97. The zero-order valence-electron chi connectivity index (χ0n) is 22.2. The number of hydrazone groups is 1. The van der Waals surface area contributed by atoms with E-state index in [1.54, 1.807) is 49.4 Å². The van der Waals surface area contributed by atoms with Crippen LogP contribution in [0.1, 0.15) is 48.7 Å². The number of hydrogen-bond acceptors (Lipinski definition) is 8. The lowest BCUT2D eigenvalue weighted by Gasteiger charge is -2.14. The van der Waals surface area contributed by atoms with Crippen molar-refractivity contribution in [2.75, 3.05) is 19.8 Å². The minimum Gasteiger partial charge on any atom is -0.490 e. The summed E-state index contributed by atoms with van der Waals surface area (Å²) in [6, 6.07) is 14.6. The number of benzene rings is 3. The summed E-state index contributed by atoms with van der Waals surface area (Å²) in [5.41, 5.74) is 4.35. The minimum atomic E-state index is -4.08. The molecule has 0 aliphatic rings. The number of aryl methyl sites for hydroxylation is 1. The van der Waals surface area contributed by atoms with Gasteiger partial charge in [0.25, 0.3) is 5.91 Å². The van der Waals surface area contributed by atoms with Gasteiger partial charge < -0.3 is 18.4 Å². The molecule has 9 nitrogen and oxygen atoms in total. The van der Waals surface area contributed by atoms with Crippen LogP contribution in [0.5, 0.6) is 23.0 Å². The highest BCUT2D eigenvalue weighted by Crippen LogP contribution is 2.36.